The summed E-state index contributed by atoms with van der Waals surface area (Å²) in [4.78, 5) is 46.1. The molecule has 25 heteroatoms. The Kier molecular flexibility index (Phi) is 12.5. The Balaban J connectivity index is 0.000000267. The molecule has 2 aromatic heterocycles. The second kappa shape index (κ2) is 15.6. The standard InChI is InChI=1S/C13H12IN5O6S.C11H10Cl2F2N4O3S/c1-6-15-11(18-13(16-6)25-2)17-12(22)19-26(23,24)9-5-7(14)3-4-8(9)10(20)21;1-5-16-19(11(20)18(5)10(14)15)9-4-8(17-23(2,21)22)6(12)3-7(9)13/h3-5H,1-2H3,(H,20,21)(H2,15,16,17,18,19,22);3-4,10,17H,1-2H3. The van der Waals surface area contributed by atoms with Gasteiger partial charge in [-0.3, -0.25) is 10.0 Å². The van der Waals surface area contributed by atoms with Gasteiger partial charge in [-0.2, -0.15) is 28.4 Å². The summed E-state index contributed by atoms with van der Waals surface area (Å²) in [6, 6.07) is 4.77. The average Bonchev–Trinajstić information content (AvgIpc) is 3.26. The minimum Gasteiger partial charge on any atom is -0.478 e. The van der Waals surface area contributed by atoms with Gasteiger partial charge >= 0.3 is 30.3 Å². The molecule has 0 saturated heterocycles. The molecule has 0 unspecified atom stereocenters. The summed E-state index contributed by atoms with van der Waals surface area (Å²) in [6.45, 7) is -0.325. The molecular weight excluding hydrogens is 858 g/mol. The van der Waals surface area contributed by atoms with Gasteiger partial charge in [-0.1, -0.05) is 23.2 Å². The fraction of sp³-hybridized carbons (Fsp3) is 0.208. The van der Waals surface area contributed by atoms with Gasteiger partial charge in [0.15, 0.2) is 0 Å². The number of urea groups is 1. The Hall–Kier alpha value is -4.20. The third-order valence-electron chi connectivity index (χ3n) is 5.56. The Labute approximate surface area is 299 Å². The van der Waals surface area contributed by atoms with E-state index in [1.165, 1.54) is 33.1 Å². The van der Waals surface area contributed by atoms with Crippen molar-refractivity contribution in [2.45, 2.75) is 25.3 Å². The van der Waals surface area contributed by atoms with E-state index < -0.39 is 54.7 Å². The molecule has 49 heavy (non-hydrogen) atoms. The lowest BCUT2D eigenvalue weighted by Gasteiger charge is -2.10. The fourth-order valence-electron chi connectivity index (χ4n) is 3.64. The second-order valence-corrected chi connectivity index (χ2v) is 14.7. The number of benzene rings is 2. The first-order chi connectivity index (χ1) is 22.6. The Bertz CT molecular complexity index is 2220. The highest BCUT2D eigenvalue weighted by atomic mass is 127. The van der Waals surface area contributed by atoms with Crippen molar-refractivity contribution in [3.63, 3.8) is 0 Å². The van der Waals surface area contributed by atoms with Crippen LogP contribution in [-0.2, 0) is 20.0 Å². The summed E-state index contributed by atoms with van der Waals surface area (Å²) in [5.41, 5.74) is -1.74. The van der Waals surface area contributed by atoms with Crippen molar-refractivity contribution < 1.29 is 45.0 Å². The van der Waals surface area contributed by atoms with Gasteiger partial charge in [-0.15, -0.1) is 5.10 Å². The van der Waals surface area contributed by atoms with Crippen molar-refractivity contribution in [2.24, 2.45) is 0 Å². The Morgan fingerprint density at radius 3 is 2.24 bits per heavy atom. The number of sulfonamides is 2. The molecule has 264 valence electrons. The number of carboxylic acid groups (broad SMARTS) is 1. The van der Waals surface area contributed by atoms with Crippen molar-refractivity contribution in [3.05, 3.63) is 71.6 Å². The van der Waals surface area contributed by atoms with Crippen LogP contribution in [0.1, 0.15) is 28.6 Å². The number of hydrogen-bond acceptors (Lipinski definition) is 12. The number of aromatic carboxylic acids is 1. The number of carbonyl (C=O) groups is 2. The largest absolute Gasteiger partial charge is 0.478 e. The zero-order chi connectivity index (χ0) is 37.0. The maximum atomic E-state index is 12.8. The van der Waals surface area contributed by atoms with Gasteiger partial charge in [0.2, 0.25) is 16.0 Å². The average molecular weight is 880 g/mol. The molecule has 0 aliphatic rings. The summed E-state index contributed by atoms with van der Waals surface area (Å²) in [5, 5.41) is 14.9. The molecule has 4 rings (SSSR count). The molecule has 0 fully saturated rings. The first kappa shape index (κ1) is 39.2. The van der Waals surface area contributed by atoms with Crippen LogP contribution in [0.25, 0.3) is 5.69 Å². The van der Waals surface area contributed by atoms with E-state index in [9.17, 15) is 40.0 Å². The normalized spacial score (nSPS) is 11.4. The van der Waals surface area contributed by atoms with E-state index in [0.29, 0.717) is 8.25 Å². The summed E-state index contributed by atoms with van der Waals surface area (Å²) >= 11 is 13.7. The maximum absolute atomic E-state index is 12.8. The van der Waals surface area contributed by atoms with E-state index in [4.69, 9.17) is 33.0 Å². The Morgan fingerprint density at radius 1 is 1.04 bits per heavy atom. The van der Waals surface area contributed by atoms with Crippen LogP contribution < -0.4 is 25.2 Å². The van der Waals surface area contributed by atoms with Gasteiger partial charge in [0.25, 0.3) is 10.0 Å². The van der Waals surface area contributed by atoms with Gasteiger partial charge in [0.05, 0.1) is 40.3 Å². The minimum atomic E-state index is -4.45. The highest BCUT2D eigenvalue weighted by molar-refractivity contribution is 14.1. The number of halogens is 5. The highest BCUT2D eigenvalue weighted by Gasteiger charge is 2.25. The van der Waals surface area contributed by atoms with Gasteiger partial charge in [-0.05, 0) is 66.8 Å². The number of ether oxygens (including phenoxy) is 1. The van der Waals surface area contributed by atoms with Crippen molar-refractivity contribution >= 4 is 89.5 Å². The number of carboxylic acids is 1. The van der Waals surface area contributed by atoms with Crippen LogP contribution in [0.3, 0.4) is 0 Å². The van der Waals surface area contributed by atoms with Crippen LogP contribution >= 0.6 is 45.8 Å². The number of hydrogen-bond donors (Lipinski definition) is 4. The number of aromatic nitrogens is 6. The van der Waals surface area contributed by atoms with Crippen molar-refractivity contribution in [2.75, 3.05) is 23.4 Å². The van der Waals surface area contributed by atoms with Crippen molar-refractivity contribution in [1.82, 2.24) is 34.0 Å². The van der Waals surface area contributed by atoms with E-state index in [2.05, 4.69) is 30.1 Å². The number of rotatable bonds is 9. The molecule has 0 bridgehead atoms. The first-order valence-corrected chi connectivity index (χ1v) is 17.9. The number of methoxy groups -OCH3 is 1. The van der Waals surface area contributed by atoms with Crippen molar-refractivity contribution in [3.8, 4) is 11.7 Å². The molecule has 0 aliphatic heterocycles. The van der Waals surface area contributed by atoms with E-state index >= 15 is 0 Å². The topological polar surface area (TPSA) is 246 Å². The molecule has 4 N–H and O–H groups in total. The SMILES string of the molecule is COc1nc(C)nc(NC(=O)NS(=O)(=O)c2cc(I)ccc2C(=O)O)n1.Cc1nn(-c2cc(NS(C)(=O)=O)c(Cl)cc2Cl)c(=O)n1C(F)F. The number of nitrogens with one attached hydrogen (secondary N) is 3. The predicted octanol–water partition coefficient (Wildman–Crippen LogP) is 3.42. The molecule has 0 spiro atoms. The third-order valence-corrected chi connectivity index (χ3v) is 8.81. The zero-order valence-electron chi connectivity index (χ0n) is 25.1. The van der Waals surface area contributed by atoms with Gasteiger partial charge in [-0.25, -0.2) is 40.5 Å². The van der Waals surface area contributed by atoms with Gasteiger partial charge in [0.1, 0.15) is 16.5 Å². The quantitative estimate of drug-likeness (QED) is 0.176. The molecule has 0 saturated carbocycles. The van der Waals surface area contributed by atoms with Gasteiger partial charge in [0, 0.05) is 3.57 Å². The van der Waals surface area contributed by atoms with Crippen LogP contribution in [0.4, 0.5) is 25.2 Å². The molecule has 2 heterocycles. The number of nitrogens with zero attached hydrogens (tertiary/aromatic N) is 6. The molecule has 18 nitrogen and oxygen atoms in total. The molecule has 2 amide bonds. The van der Waals surface area contributed by atoms with E-state index in [1.807, 2.05) is 22.6 Å². The smallest absolute Gasteiger partial charge is 0.355 e. The maximum Gasteiger partial charge on any atom is 0.355 e. The highest BCUT2D eigenvalue weighted by Crippen LogP contribution is 2.31. The third kappa shape index (κ3) is 10.2. The summed E-state index contributed by atoms with van der Waals surface area (Å²) in [6.07, 6.45) is 0.902. The molecule has 0 radical (unpaired) electrons. The first-order valence-electron chi connectivity index (χ1n) is 12.7. The lowest BCUT2D eigenvalue weighted by molar-refractivity contribution is 0.0639. The van der Waals surface area contributed by atoms with Gasteiger partial charge < -0.3 is 9.84 Å². The number of aryl methyl sites for hydroxylation is 2. The molecule has 4 aromatic rings. The van der Waals surface area contributed by atoms with Crippen molar-refractivity contribution in [1.29, 1.82) is 0 Å². The van der Waals surface area contributed by atoms with Crippen LogP contribution in [0.5, 0.6) is 6.01 Å². The fourth-order valence-corrected chi connectivity index (χ4v) is 6.61. The van der Waals surface area contributed by atoms with Crippen LogP contribution in [0.15, 0.2) is 40.0 Å². The lowest BCUT2D eigenvalue weighted by atomic mass is 10.2. The molecule has 2 aromatic carbocycles. The molecular formula is C24H22Cl2F2IN9O9S2. The summed E-state index contributed by atoms with van der Waals surface area (Å²) in [5.74, 6) is -1.67. The Morgan fingerprint density at radius 2 is 1.69 bits per heavy atom. The number of amides is 2. The summed E-state index contributed by atoms with van der Waals surface area (Å²) < 4.78 is 83.1. The number of anilines is 2. The van der Waals surface area contributed by atoms with Crippen LogP contribution in [0, 0.1) is 17.4 Å². The second-order valence-electron chi connectivity index (χ2n) is 9.25. The van der Waals surface area contributed by atoms with E-state index in [-0.39, 0.29) is 49.6 Å². The van der Waals surface area contributed by atoms with Crippen LogP contribution in [0.2, 0.25) is 10.0 Å². The monoisotopic (exact) mass is 879 g/mol. The predicted molar refractivity (Wildman–Crippen MR) is 179 cm³/mol. The number of alkyl halides is 2. The minimum absolute atomic E-state index is 0.0257. The molecule has 0 aliphatic carbocycles. The summed E-state index contributed by atoms with van der Waals surface area (Å²) in [7, 11) is -6.79. The van der Waals surface area contributed by atoms with Crippen LogP contribution in [-0.4, -0.2) is 76.6 Å². The molecule has 0 atom stereocenters. The van der Waals surface area contributed by atoms with E-state index in [0.717, 1.165) is 24.5 Å². The van der Waals surface area contributed by atoms with E-state index in [1.54, 1.807) is 4.72 Å². The number of carbonyl (C=O) groups excluding carboxylic acids is 1. The zero-order valence-corrected chi connectivity index (χ0v) is 30.4. The lowest BCUT2D eigenvalue weighted by Crippen LogP contribution is -2.35.